The minimum Gasteiger partial charge on any atom is -0.353 e. The maximum absolute atomic E-state index is 5.25. The SMILES string of the molecule is Brc1cc(-c2ccccc2)cc(-c2cc(-c3ccccc3)nc(-c3ccccc3)n2)c1.c1ccc(-c2cc(-c3cc(-c4ccccc4)nc(-c4ccccc4)n3)cc(-n3c4ccccc4c4ccc5ccn(-c6ccccc6)c5c43)c2)cc1.c1ccc(-n2ccc3ccc4c5ccccc5[nH]c4c32)cc1. The lowest BCUT2D eigenvalue weighted by Crippen LogP contribution is -2.00. The van der Waals surface area contributed by atoms with E-state index in [0.29, 0.717) is 5.82 Å². The first-order valence-corrected chi connectivity index (χ1v) is 36.0. The summed E-state index contributed by atoms with van der Waals surface area (Å²) in [5.74, 6) is 1.42. The van der Waals surface area contributed by atoms with Crippen molar-refractivity contribution in [3.05, 3.63) is 393 Å². The number of fused-ring (bicyclic) bond motifs is 10. The molecule has 8 nitrogen and oxygen atoms in total. The zero-order valence-electron chi connectivity index (χ0n) is 57.0. The number of nitrogens with one attached hydrogen (secondary N) is 1. The molecule has 20 rings (SSSR count). The standard InChI is InChI=1S/C48H32N4.C28H19BrN2.C20H14N2/c1-5-15-33(16-6-1)37-29-38(44-32-43(34-17-7-2-8-18-34)49-48(50-44)36-19-9-3-10-20-36)31-40(30-37)52-45-24-14-13-23-41(45)42-26-25-35-27-28-51(46(35)47(42)52)39-21-11-4-12-22-39;29-25-17-23(20-10-4-1-5-11-20)16-24(18-25)27-19-26(21-12-6-2-7-13-21)30-28(31-27)22-14-8-3-9-15-22;1-2-6-15(7-3-1)22-13-12-14-10-11-17-16-8-4-5-9-18(16)21-19(17)20(14)22/h1-32H;1-19H;1-13,21H. The van der Waals surface area contributed by atoms with E-state index in [0.717, 1.165) is 100 Å². The average molecular weight is 1410 g/mol. The maximum Gasteiger partial charge on any atom is 0.160 e. The summed E-state index contributed by atoms with van der Waals surface area (Å²) in [6, 6.07) is 131. The van der Waals surface area contributed by atoms with Gasteiger partial charge in [0.15, 0.2) is 11.6 Å². The Morgan fingerprint density at radius 1 is 0.248 bits per heavy atom. The minimum absolute atomic E-state index is 0.697. The summed E-state index contributed by atoms with van der Waals surface area (Å²) in [6.45, 7) is 0. The van der Waals surface area contributed by atoms with Gasteiger partial charge in [0, 0.05) is 105 Å². The number of aromatic nitrogens is 8. The molecule has 0 spiro atoms. The van der Waals surface area contributed by atoms with Gasteiger partial charge < -0.3 is 18.7 Å². The molecule has 0 aliphatic heterocycles. The average Bonchev–Trinajstić information content (AvgIpc) is 1.58. The van der Waals surface area contributed by atoms with Gasteiger partial charge in [-0.1, -0.05) is 295 Å². The van der Waals surface area contributed by atoms with E-state index in [1.54, 1.807) is 0 Å². The topological polar surface area (TPSA) is 82.1 Å². The quantitative estimate of drug-likeness (QED) is 0.140. The van der Waals surface area contributed by atoms with Gasteiger partial charge >= 0.3 is 0 Å². The van der Waals surface area contributed by atoms with Gasteiger partial charge in [-0.3, -0.25) is 0 Å². The highest BCUT2D eigenvalue weighted by atomic mass is 79.9. The number of halogens is 1. The number of benzene rings is 14. The first kappa shape index (κ1) is 63.6. The number of H-pyrrole nitrogens is 1. The Hall–Kier alpha value is -13.6. The second-order valence-corrected chi connectivity index (χ2v) is 26.9. The fourth-order valence-electron chi connectivity index (χ4n) is 14.4. The Morgan fingerprint density at radius 2 is 0.629 bits per heavy atom. The number of rotatable bonds is 11. The molecule has 14 aromatic carbocycles. The third-order valence-corrected chi connectivity index (χ3v) is 19.9. The molecule has 6 aromatic heterocycles. The van der Waals surface area contributed by atoms with E-state index in [1.165, 1.54) is 71.2 Å². The summed E-state index contributed by atoms with van der Waals surface area (Å²) in [5.41, 5.74) is 24.8. The number of para-hydroxylation sites is 4. The molecular weight excluding hydrogens is 1350 g/mol. The largest absolute Gasteiger partial charge is 0.353 e. The molecule has 0 saturated heterocycles. The van der Waals surface area contributed by atoms with E-state index in [-0.39, 0.29) is 0 Å². The summed E-state index contributed by atoms with van der Waals surface area (Å²) < 4.78 is 8.04. The van der Waals surface area contributed by atoms with Crippen molar-refractivity contribution < 1.29 is 0 Å². The van der Waals surface area contributed by atoms with Crippen LogP contribution in [0.2, 0.25) is 0 Å². The highest BCUT2D eigenvalue weighted by Crippen LogP contribution is 2.42. The smallest absolute Gasteiger partial charge is 0.160 e. The van der Waals surface area contributed by atoms with Crippen molar-refractivity contribution >= 4 is 81.3 Å². The van der Waals surface area contributed by atoms with Crippen LogP contribution in [0.5, 0.6) is 0 Å². The lowest BCUT2D eigenvalue weighted by molar-refractivity contribution is 1.11. The van der Waals surface area contributed by atoms with Crippen molar-refractivity contribution in [2.45, 2.75) is 0 Å². The molecule has 0 aliphatic carbocycles. The first-order chi connectivity index (χ1) is 52.0. The number of aromatic amines is 1. The van der Waals surface area contributed by atoms with Crippen LogP contribution in [0.4, 0.5) is 0 Å². The molecule has 6 heterocycles. The molecule has 1 N–H and O–H groups in total. The molecular formula is C96H65BrN8. The second-order valence-electron chi connectivity index (χ2n) is 26.0. The zero-order valence-corrected chi connectivity index (χ0v) is 58.5. The Labute approximate surface area is 615 Å². The first-order valence-electron chi connectivity index (χ1n) is 35.2. The summed E-state index contributed by atoms with van der Waals surface area (Å²) >= 11 is 3.69. The van der Waals surface area contributed by atoms with E-state index >= 15 is 0 Å². The van der Waals surface area contributed by atoms with Crippen molar-refractivity contribution in [1.29, 1.82) is 0 Å². The van der Waals surface area contributed by atoms with Gasteiger partial charge in [0.05, 0.1) is 50.4 Å². The molecule has 0 saturated carbocycles. The zero-order chi connectivity index (χ0) is 70.0. The van der Waals surface area contributed by atoms with Gasteiger partial charge in [-0.05, 0) is 119 Å². The molecule has 496 valence electrons. The summed E-state index contributed by atoms with van der Waals surface area (Å²) in [7, 11) is 0. The van der Waals surface area contributed by atoms with Crippen LogP contribution in [0.3, 0.4) is 0 Å². The Bertz CT molecular complexity index is 6380. The highest BCUT2D eigenvalue weighted by Gasteiger charge is 2.22. The van der Waals surface area contributed by atoms with Crippen LogP contribution in [-0.4, -0.2) is 38.6 Å². The summed E-state index contributed by atoms with van der Waals surface area (Å²) in [6.07, 6.45) is 4.33. The Kier molecular flexibility index (Phi) is 17.0. The van der Waals surface area contributed by atoms with E-state index in [2.05, 4.69) is 338 Å². The van der Waals surface area contributed by atoms with Crippen molar-refractivity contribution in [1.82, 2.24) is 38.6 Å². The Morgan fingerprint density at radius 3 is 1.15 bits per heavy atom. The number of nitrogens with zero attached hydrogens (tertiary/aromatic N) is 7. The normalized spacial score (nSPS) is 11.3. The van der Waals surface area contributed by atoms with Crippen LogP contribution in [0.15, 0.2) is 393 Å². The second kappa shape index (κ2) is 28.1. The predicted octanol–water partition coefficient (Wildman–Crippen LogP) is 25.4. The van der Waals surface area contributed by atoms with Crippen LogP contribution in [-0.2, 0) is 0 Å². The van der Waals surface area contributed by atoms with Crippen molar-refractivity contribution in [2.24, 2.45) is 0 Å². The minimum atomic E-state index is 0.697. The molecule has 105 heavy (non-hydrogen) atoms. The molecule has 0 aliphatic rings. The fourth-order valence-corrected chi connectivity index (χ4v) is 14.9. The lowest BCUT2D eigenvalue weighted by Gasteiger charge is -2.16. The van der Waals surface area contributed by atoms with Crippen molar-refractivity contribution in [3.63, 3.8) is 0 Å². The molecule has 0 bridgehead atoms. The molecule has 0 atom stereocenters. The van der Waals surface area contributed by atoms with Crippen molar-refractivity contribution in [3.8, 4) is 107 Å². The summed E-state index contributed by atoms with van der Waals surface area (Å²) in [4.78, 5) is 23.8. The molecule has 0 unspecified atom stereocenters. The molecule has 20 aromatic rings. The lowest BCUT2D eigenvalue weighted by atomic mass is 9.99. The van der Waals surface area contributed by atoms with Gasteiger partial charge in [0.1, 0.15) is 0 Å². The van der Waals surface area contributed by atoms with Crippen molar-refractivity contribution in [2.75, 3.05) is 0 Å². The summed E-state index contributed by atoms with van der Waals surface area (Å²) in [5, 5.41) is 7.43. The third-order valence-electron chi connectivity index (χ3n) is 19.4. The monoisotopic (exact) mass is 1410 g/mol. The predicted molar refractivity (Wildman–Crippen MR) is 439 cm³/mol. The highest BCUT2D eigenvalue weighted by molar-refractivity contribution is 9.10. The van der Waals surface area contributed by atoms with Gasteiger partial charge in [0.25, 0.3) is 0 Å². The molecule has 0 radical (unpaired) electrons. The van der Waals surface area contributed by atoms with Gasteiger partial charge in [0.2, 0.25) is 0 Å². The van der Waals surface area contributed by atoms with Gasteiger partial charge in [-0.25, -0.2) is 19.9 Å². The number of hydrogen-bond acceptors (Lipinski definition) is 4. The maximum atomic E-state index is 5.25. The van der Waals surface area contributed by atoms with Crippen LogP contribution in [0.1, 0.15) is 0 Å². The molecule has 0 fully saturated rings. The molecule has 0 amide bonds. The Balaban J connectivity index is 0.000000124. The van der Waals surface area contributed by atoms with E-state index in [1.807, 2.05) is 84.9 Å². The van der Waals surface area contributed by atoms with Crippen LogP contribution in [0.25, 0.3) is 173 Å². The van der Waals surface area contributed by atoms with E-state index in [4.69, 9.17) is 19.9 Å². The van der Waals surface area contributed by atoms with E-state index in [9.17, 15) is 0 Å². The van der Waals surface area contributed by atoms with Crippen LogP contribution in [0, 0.1) is 0 Å². The van der Waals surface area contributed by atoms with Crippen LogP contribution < -0.4 is 0 Å². The number of hydrogen-bond donors (Lipinski definition) is 1. The van der Waals surface area contributed by atoms with Crippen LogP contribution >= 0.6 is 15.9 Å². The molecule has 9 heteroatoms. The van der Waals surface area contributed by atoms with E-state index < -0.39 is 0 Å². The fraction of sp³-hybridized carbons (Fsp3) is 0. The van der Waals surface area contributed by atoms with Gasteiger partial charge in [-0.15, -0.1) is 0 Å². The third kappa shape index (κ3) is 12.6. The van der Waals surface area contributed by atoms with Gasteiger partial charge in [-0.2, -0.15) is 0 Å².